The number of hydrogen-bond donors (Lipinski definition) is 1. The number of halogens is 1. The summed E-state index contributed by atoms with van der Waals surface area (Å²) in [5.41, 5.74) is 1.49. The van der Waals surface area contributed by atoms with Crippen molar-refractivity contribution < 1.29 is 14.0 Å². The van der Waals surface area contributed by atoms with E-state index in [1.807, 2.05) is 12.1 Å². The second-order valence-corrected chi connectivity index (χ2v) is 7.77. The molecular formula is C22H26FN5O2. The molecule has 3 heterocycles. The van der Waals surface area contributed by atoms with Crippen LogP contribution in [0.5, 0.6) is 0 Å². The van der Waals surface area contributed by atoms with Gasteiger partial charge in [-0.1, -0.05) is 6.07 Å². The summed E-state index contributed by atoms with van der Waals surface area (Å²) >= 11 is 0. The van der Waals surface area contributed by atoms with E-state index in [1.165, 1.54) is 18.9 Å². The summed E-state index contributed by atoms with van der Waals surface area (Å²) in [4.78, 5) is 35.2. The van der Waals surface area contributed by atoms with E-state index < -0.39 is 0 Å². The quantitative estimate of drug-likeness (QED) is 0.843. The lowest BCUT2D eigenvalue weighted by Crippen LogP contribution is -2.51. The number of hydrogen-bond acceptors (Lipinski definition) is 4. The first-order chi connectivity index (χ1) is 14.5. The van der Waals surface area contributed by atoms with Gasteiger partial charge in [-0.3, -0.25) is 4.79 Å². The van der Waals surface area contributed by atoms with E-state index in [4.69, 9.17) is 0 Å². The number of aromatic nitrogens is 1. The van der Waals surface area contributed by atoms with Crippen LogP contribution in [0.4, 0.5) is 20.7 Å². The van der Waals surface area contributed by atoms with Crippen LogP contribution in [0.3, 0.4) is 0 Å². The van der Waals surface area contributed by atoms with Gasteiger partial charge in [0.25, 0.3) is 5.91 Å². The van der Waals surface area contributed by atoms with Gasteiger partial charge < -0.3 is 20.0 Å². The van der Waals surface area contributed by atoms with Gasteiger partial charge in [-0.2, -0.15) is 0 Å². The summed E-state index contributed by atoms with van der Waals surface area (Å²) < 4.78 is 13.8. The lowest BCUT2D eigenvalue weighted by atomic mass is 10.1. The number of nitrogens with zero attached hydrogens (tertiary/aromatic N) is 4. The fourth-order valence-electron chi connectivity index (χ4n) is 3.82. The summed E-state index contributed by atoms with van der Waals surface area (Å²) in [5, 5.41) is 2.87. The Morgan fingerprint density at radius 3 is 2.30 bits per heavy atom. The number of carbonyl (C=O) groups excluding carboxylic acids is 2. The van der Waals surface area contributed by atoms with Gasteiger partial charge in [0.05, 0.1) is 11.9 Å². The van der Waals surface area contributed by atoms with Crippen LogP contribution in [-0.4, -0.2) is 66.0 Å². The average Bonchev–Trinajstić information content (AvgIpc) is 3.31. The van der Waals surface area contributed by atoms with Crippen molar-refractivity contribution in [2.24, 2.45) is 0 Å². The van der Waals surface area contributed by atoms with Crippen LogP contribution < -0.4 is 10.2 Å². The molecule has 7 nitrogen and oxygen atoms in total. The van der Waals surface area contributed by atoms with Crippen molar-refractivity contribution >= 4 is 23.4 Å². The van der Waals surface area contributed by atoms with Gasteiger partial charge in [0.2, 0.25) is 0 Å². The number of rotatable bonds is 3. The summed E-state index contributed by atoms with van der Waals surface area (Å²) in [7, 11) is 0. The van der Waals surface area contributed by atoms with Crippen molar-refractivity contribution in [3.63, 3.8) is 0 Å². The minimum Gasteiger partial charge on any atom is -0.357 e. The molecule has 158 valence electrons. The predicted octanol–water partition coefficient (Wildman–Crippen LogP) is 3.12. The van der Waals surface area contributed by atoms with Gasteiger partial charge in [0, 0.05) is 44.8 Å². The Balaban J connectivity index is 1.29. The Bertz CT molecular complexity index is 920. The monoisotopic (exact) mass is 411 g/mol. The molecule has 0 radical (unpaired) electrons. The topological polar surface area (TPSA) is 68.8 Å². The molecule has 4 rings (SSSR count). The molecule has 2 aliphatic heterocycles. The lowest BCUT2D eigenvalue weighted by Gasteiger charge is -2.34. The predicted molar refractivity (Wildman–Crippen MR) is 113 cm³/mol. The Morgan fingerprint density at radius 1 is 0.967 bits per heavy atom. The van der Waals surface area contributed by atoms with Crippen LogP contribution in [0.15, 0.2) is 36.5 Å². The van der Waals surface area contributed by atoms with Crippen molar-refractivity contribution in [1.82, 2.24) is 14.8 Å². The van der Waals surface area contributed by atoms with Crippen LogP contribution in [0, 0.1) is 12.7 Å². The number of aryl methyl sites for hydroxylation is 1. The molecule has 2 aromatic rings. The highest BCUT2D eigenvalue weighted by Gasteiger charge is 2.25. The summed E-state index contributed by atoms with van der Waals surface area (Å²) in [5.74, 6) is 0.337. The molecule has 0 atom stereocenters. The lowest BCUT2D eigenvalue weighted by molar-refractivity contribution is 0.0671. The fraction of sp³-hybridized carbons (Fsp3) is 0.409. The van der Waals surface area contributed by atoms with Crippen molar-refractivity contribution in [3.8, 4) is 0 Å². The zero-order chi connectivity index (χ0) is 21.1. The Labute approximate surface area is 175 Å². The van der Waals surface area contributed by atoms with Crippen LogP contribution in [0.2, 0.25) is 0 Å². The smallest absolute Gasteiger partial charge is 0.322 e. The Kier molecular flexibility index (Phi) is 5.83. The standard InChI is InChI=1S/C22H26FN5O2/c1-16-4-5-17(14-19(16)23)21(29)27-10-12-28(13-11-27)22(30)25-18-6-7-20(24-15-18)26-8-2-3-9-26/h4-7,14-15H,2-3,8-13H2,1H3,(H,25,30). The van der Waals surface area contributed by atoms with Crippen LogP contribution >= 0.6 is 0 Å². The molecular weight excluding hydrogens is 385 g/mol. The van der Waals surface area contributed by atoms with Gasteiger partial charge in [-0.25, -0.2) is 14.2 Å². The van der Waals surface area contributed by atoms with Gasteiger partial charge >= 0.3 is 6.03 Å². The van der Waals surface area contributed by atoms with Crippen molar-refractivity contribution in [3.05, 3.63) is 53.5 Å². The van der Waals surface area contributed by atoms with Crippen LogP contribution in [-0.2, 0) is 0 Å². The third-order valence-electron chi connectivity index (χ3n) is 5.70. The van der Waals surface area contributed by atoms with E-state index in [0.29, 0.717) is 43.0 Å². The highest BCUT2D eigenvalue weighted by atomic mass is 19.1. The maximum Gasteiger partial charge on any atom is 0.322 e. The number of benzene rings is 1. The zero-order valence-corrected chi connectivity index (χ0v) is 17.1. The highest BCUT2D eigenvalue weighted by Crippen LogP contribution is 2.19. The largest absolute Gasteiger partial charge is 0.357 e. The fourth-order valence-corrected chi connectivity index (χ4v) is 3.82. The number of pyridine rings is 1. The van der Waals surface area contributed by atoms with Crippen molar-refractivity contribution in [2.75, 3.05) is 49.5 Å². The summed E-state index contributed by atoms with van der Waals surface area (Å²) in [6.07, 6.45) is 4.05. The van der Waals surface area contributed by atoms with E-state index >= 15 is 0 Å². The van der Waals surface area contributed by atoms with Gasteiger partial charge in [0.1, 0.15) is 11.6 Å². The molecule has 2 aliphatic rings. The van der Waals surface area contributed by atoms with E-state index in [0.717, 1.165) is 18.9 Å². The molecule has 1 aromatic heterocycles. The zero-order valence-electron chi connectivity index (χ0n) is 17.1. The van der Waals surface area contributed by atoms with Gasteiger partial charge in [0.15, 0.2) is 0 Å². The third kappa shape index (κ3) is 4.37. The number of amides is 3. The molecule has 3 amide bonds. The second kappa shape index (κ2) is 8.69. The molecule has 0 aliphatic carbocycles. The molecule has 2 fully saturated rings. The average molecular weight is 411 g/mol. The van der Waals surface area contributed by atoms with Crippen molar-refractivity contribution in [2.45, 2.75) is 19.8 Å². The third-order valence-corrected chi connectivity index (χ3v) is 5.70. The van der Waals surface area contributed by atoms with Gasteiger partial charge in [-0.15, -0.1) is 0 Å². The molecule has 0 bridgehead atoms. The Hall–Kier alpha value is -3.16. The van der Waals surface area contributed by atoms with E-state index in [2.05, 4.69) is 15.2 Å². The van der Waals surface area contributed by atoms with Crippen LogP contribution in [0.1, 0.15) is 28.8 Å². The number of anilines is 2. The maximum absolute atomic E-state index is 13.8. The Morgan fingerprint density at radius 2 is 1.67 bits per heavy atom. The first kappa shape index (κ1) is 20.1. The molecule has 1 N–H and O–H groups in total. The molecule has 0 unspecified atom stereocenters. The molecule has 0 spiro atoms. The van der Waals surface area contributed by atoms with Gasteiger partial charge in [-0.05, 0) is 49.6 Å². The number of piperazine rings is 1. The minimum absolute atomic E-state index is 0.209. The van der Waals surface area contributed by atoms with Crippen LogP contribution in [0.25, 0.3) is 0 Å². The SMILES string of the molecule is Cc1ccc(C(=O)N2CCN(C(=O)Nc3ccc(N4CCCC4)nc3)CC2)cc1F. The minimum atomic E-state index is -0.386. The van der Waals surface area contributed by atoms with Crippen molar-refractivity contribution in [1.29, 1.82) is 0 Å². The van der Waals surface area contributed by atoms with E-state index in [9.17, 15) is 14.0 Å². The second-order valence-electron chi connectivity index (χ2n) is 7.77. The molecule has 2 saturated heterocycles. The number of nitrogens with one attached hydrogen (secondary N) is 1. The summed E-state index contributed by atoms with van der Waals surface area (Å²) in [6, 6.07) is 8.10. The maximum atomic E-state index is 13.8. The molecule has 30 heavy (non-hydrogen) atoms. The molecule has 0 saturated carbocycles. The highest BCUT2D eigenvalue weighted by molar-refractivity contribution is 5.94. The number of carbonyl (C=O) groups is 2. The summed E-state index contributed by atoms with van der Waals surface area (Å²) in [6.45, 7) is 5.38. The van der Waals surface area contributed by atoms with E-state index in [-0.39, 0.29) is 17.8 Å². The number of urea groups is 1. The van der Waals surface area contributed by atoms with E-state index in [1.54, 1.807) is 35.1 Å². The molecule has 1 aromatic carbocycles. The first-order valence-electron chi connectivity index (χ1n) is 10.3. The first-order valence-corrected chi connectivity index (χ1v) is 10.3. The normalized spacial score (nSPS) is 16.7. The molecule has 8 heteroatoms.